The first kappa shape index (κ1) is 26.9. The van der Waals surface area contributed by atoms with Crippen LogP contribution in [0.3, 0.4) is 0 Å². The number of hydrogen-bond acceptors (Lipinski definition) is 8. The zero-order valence-corrected chi connectivity index (χ0v) is 17.7. The largest absolute Gasteiger partial charge is 0.478 e. The molecule has 10 heteroatoms. The van der Waals surface area contributed by atoms with E-state index in [2.05, 4.69) is 0 Å². The van der Waals surface area contributed by atoms with Crippen molar-refractivity contribution < 1.29 is 40.2 Å². The molecule has 0 aliphatic rings. The van der Waals surface area contributed by atoms with E-state index in [0.717, 1.165) is 5.56 Å². The van der Waals surface area contributed by atoms with Crippen molar-refractivity contribution in [1.29, 1.82) is 0 Å². The lowest BCUT2D eigenvalue weighted by atomic mass is 9.94. The van der Waals surface area contributed by atoms with Crippen molar-refractivity contribution >= 4 is 23.3 Å². The van der Waals surface area contributed by atoms with Crippen LogP contribution >= 0.6 is 0 Å². The smallest absolute Gasteiger partial charge is 0.335 e. The molecule has 0 aliphatic heterocycles. The standard InChI is InChI=1S/C12H17NO4.C10H13NO4/c1-2-7-8(4-6-11(14)15)9(12(16)17)3-5-10(7)13;11-7-1-2-9(10(14)15)6(3-7)4-8(13)5-12/h3,5,11,14-15H,2,4,6,13H2,1H3,(H,16,17);1-3,8,12-13H,4-5,11H2,(H,14,15). The van der Waals surface area contributed by atoms with Gasteiger partial charge in [-0.1, -0.05) is 6.92 Å². The maximum absolute atomic E-state index is 11.1. The molecule has 1 atom stereocenters. The summed E-state index contributed by atoms with van der Waals surface area (Å²) in [5.41, 5.74) is 14.3. The van der Waals surface area contributed by atoms with E-state index in [-0.39, 0.29) is 30.4 Å². The molecule has 0 bridgehead atoms. The number of aromatic carboxylic acids is 2. The Labute approximate surface area is 185 Å². The van der Waals surface area contributed by atoms with Crippen LogP contribution in [0, 0.1) is 0 Å². The average Bonchev–Trinajstić information content (AvgIpc) is 2.72. The number of aliphatic hydroxyl groups excluding tert-OH is 3. The zero-order chi connectivity index (χ0) is 24.4. The summed E-state index contributed by atoms with van der Waals surface area (Å²) in [6.07, 6.45) is -1.34. The Morgan fingerprint density at radius 2 is 1.53 bits per heavy atom. The van der Waals surface area contributed by atoms with Gasteiger partial charge in [-0.05, 0) is 59.9 Å². The van der Waals surface area contributed by atoms with Gasteiger partial charge in [0.25, 0.3) is 0 Å². The van der Waals surface area contributed by atoms with Crippen LogP contribution in [0.2, 0.25) is 0 Å². The normalized spacial score (nSPS) is 11.6. The summed E-state index contributed by atoms with van der Waals surface area (Å²) in [6, 6.07) is 7.38. The summed E-state index contributed by atoms with van der Waals surface area (Å²) in [5, 5.41) is 53.5. The van der Waals surface area contributed by atoms with E-state index >= 15 is 0 Å². The molecule has 32 heavy (non-hydrogen) atoms. The Kier molecular flexibility index (Phi) is 10.6. The molecule has 1 unspecified atom stereocenters. The van der Waals surface area contributed by atoms with Crippen LogP contribution in [0.15, 0.2) is 30.3 Å². The lowest BCUT2D eigenvalue weighted by Crippen LogP contribution is -2.17. The minimum atomic E-state index is -1.44. The van der Waals surface area contributed by atoms with Gasteiger partial charge in [-0.3, -0.25) is 0 Å². The predicted octanol–water partition coefficient (Wildman–Crippen LogP) is 0.635. The number of aliphatic hydroxyl groups is 4. The highest BCUT2D eigenvalue weighted by Gasteiger charge is 2.16. The summed E-state index contributed by atoms with van der Waals surface area (Å²) < 4.78 is 0. The van der Waals surface area contributed by atoms with Gasteiger partial charge in [0.05, 0.1) is 23.8 Å². The fourth-order valence-corrected chi connectivity index (χ4v) is 3.20. The van der Waals surface area contributed by atoms with Gasteiger partial charge < -0.3 is 42.1 Å². The van der Waals surface area contributed by atoms with E-state index in [1.54, 1.807) is 6.07 Å². The fraction of sp³-hybridized carbons (Fsp3) is 0.364. The maximum atomic E-state index is 11.1. The molecule has 10 nitrogen and oxygen atoms in total. The SMILES string of the molecule is CCc1c(N)ccc(C(=O)O)c1CCC(O)O.Nc1ccc(C(=O)O)c(CC(O)CO)c1. The lowest BCUT2D eigenvalue weighted by molar-refractivity contribution is -0.0447. The maximum Gasteiger partial charge on any atom is 0.335 e. The van der Waals surface area contributed by atoms with Crippen molar-refractivity contribution in [2.75, 3.05) is 18.1 Å². The summed E-state index contributed by atoms with van der Waals surface area (Å²) in [7, 11) is 0. The highest BCUT2D eigenvalue weighted by Crippen LogP contribution is 2.24. The first-order valence-electron chi connectivity index (χ1n) is 9.91. The minimum absolute atomic E-state index is 0.0726. The van der Waals surface area contributed by atoms with E-state index in [9.17, 15) is 14.7 Å². The molecule has 2 rings (SSSR count). The number of nitrogen functional groups attached to an aromatic ring is 2. The minimum Gasteiger partial charge on any atom is -0.478 e. The molecule has 2 aromatic rings. The number of carboxylic acids is 2. The molecule has 176 valence electrons. The second-order valence-electron chi connectivity index (χ2n) is 7.10. The molecule has 0 fully saturated rings. The van der Waals surface area contributed by atoms with Crippen molar-refractivity contribution in [1.82, 2.24) is 0 Å². The molecular weight excluding hydrogens is 420 g/mol. The Morgan fingerprint density at radius 3 is 2.03 bits per heavy atom. The molecule has 0 heterocycles. The van der Waals surface area contributed by atoms with Gasteiger partial charge in [0, 0.05) is 24.2 Å². The van der Waals surface area contributed by atoms with Crippen molar-refractivity contribution in [3.8, 4) is 0 Å². The summed E-state index contributed by atoms with van der Waals surface area (Å²) in [4.78, 5) is 21.9. The van der Waals surface area contributed by atoms with Gasteiger partial charge in [-0.25, -0.2) is 9.59 Å². The molecule has 0 saturated carbocycles. The molecule has 0 saturated heterocycles. The second kappa shape index (κ2) is 12.6. The average molecular weight is 450 g/mol. The molecule has 0 aromatic heterocycles. The Hall–Kier alpha value is -3.18. The first-order valence-corrected chi connectivity index (χ1v) is 9.91. The third kappa shape index (κ3) is 7.82. The number of hydrogen-bond donors (Lipinski definition) is 8. The van der Waals surface area contributed by atoms with Gasteiger partial charge in [0.1, 0.15) is 0 Å². The molecule has 0 spiro atoms. The van der Waals surface area contributed by atoms with Crippen LogP contribution in [-0.4, -0.2) is 61.6 Å². The monoisotopic (exact) mass is 450 g/mol. The van der Waals surface area contributed by atoms with Crippen LogP contribution in [-0.2, 0) is 19.3 Å². The van der Waals surface area contributed by atoms with E-state index in [4.69, 9.17) is 37.0 Å². The summed E-state index contributed by atoms with van der Waals surface area (Å²) in [6.45, 7) is 1.48. The Morgan fingerprint density at radius 1 is 0.938 bits per heavy atom. The number of rotatable bonds is 9. The van der Waals surface area contributed by atoms with Crippen LogP contribution < -0.4 is 11.5 Å². The predicted molar refractivity (Wildman–Crippen MR) is 118 cm³/mol. The van der Waals surface area contributed by atoms with E-state index < -0.39 is 30.9 Å². The Bertz CT molecular complexity index is 930. The lowest BCUT2D eigenvalue weighted by Gasteiger charge is -2.14. The number of carboxylic acid groups (broad SMARTS) is 2. The van der Waals surface area contributed by atoms with Crippen molar-refractivity contribution in [2.45, 2.75) is 45.0 Å². The van der Waals surface area contributed by atoms with Crippen molar-refractivity contribution in [2.24, 2.45) is 0 Å². The zero-order valence-electron chi connectivity index (χ0n) is 17.7. The van der Waals surface area contributed by atoms with Gasteiger partial charge in [-0.2, -0.15) is 0 Å². The third-order valence-electron chi connectivity index (χ3n) is 4.73. The van der Waals surface area contributed by atoms with Crippen LogP contribution in [0.25, 0.3) is 0 Å². The second-order valence-corrected chi connectivity index (χ2v) is 7.10. The third-order valence-corrected chi connectivity index (χ3v) is 4.73. The van der Waals surface area contributed by atoms with Crippen LogP contribution in [0.1, 0.15) is 50.8 Å². The quantitative estimate of drug-likeness (QED) is 0.197. The van der Waals surface area contributed by atoms with Gasteiger partial charge in [0.15, 0.2) is 6.29 Å². The van der Waals surface area contributed by atoms with Crippen molar-refractivity contribution in [3.05, 3.63) is 58.1 Å². The van der Waals surface area contributed by atoms with Crippen LogP contribution in [0.4, 0.5) is 11.4 Å². The molecule has 2 aromatic carbocycles. The van der Waals surface area contributed by atoms with E-state index in [0.29, 0.717) is 28.9 Å². The molecule has 0 amide bonds. The van der Waals surface area contributed by atoms with Gasteiger partial charge in [0.2, 0.25) is 0 Å². The number of anilines is 2. The van der Waals surface area contributed by atoms with E-state index in [1.165, 1.54) is 24.3 Å². The van der Waals surface area contributed by atoms with Crippen LogP contribution in [0.5, 0.6) is 0 Å². The molecule has 0 aliphatic carbocycles. The van der Waals surface area contributed by atoms with E-state index in [1.807, 2.05) is 6.92 Å². The highest BCUT2D eigenvalue weighted by atomic mass is 16.5. The molecule has 0 radical (unpaired) electrons. The molecular formula is C22H30N2O8. The summed E-state index contributed by atoms with van der Waals surface area (Å²) in [5.74, 6) is -2.10. The first-order chi connectivity index (χ1) is 15.0. The summed E-state index contributed by atoms with van der Waals surface area (Å²) >= 11 is 0. The van der Waals surface area contributed by atoms with Crippen molar-refractivity contribution in [3.63, 3.8) is 0 Å². The molecule has 10 N–H and O–H groups in total. The number of benzene rings is 2. The topological polar surface area (TPSA) is 208 Å². The fourth-order valence-electron chi connectivity index (χ4n) is 3.20. The number of carbonyl (C=O) groups is 2. The van der Waals surface area contributed by atoms with Gasteiger partial charge in [-0.15, -0.1) is 0 Å². The number of nitrogens with two attached hydrogens (primary N) is 2. The van der Waals surface area contributed by atoms with Gasteiger partial charge >= 0.3 is 11.9 Å². The Balaban J connectivity index is 0.000000323. The highest BCUT2D eigenvalue weighted by molar-refractivity contribution is 5.91.